The molecular formula is C22H25N3O6. The lowest BCUT2D eigenvalue weighted by Gasteiger charge is -2.26. The molecule has 2 aromatic rings. The summed E-state index contributed by atoms with van der Waals surface area (Å²) in [5.41, 5.74) is 3.37. The molecule has 0 radical (unpaired) electrons. The summed E-state index contributed by atoms with van der Waals surface area (Å²) < 4.78 is 16.5. The average molecular weight is 427 g/mol. The lowest BCUT2D eigenvalue weighted by atomic mass is 10.2. The number of morpholine rings is 1. The Bertz CT molecular complexity index is 941. The van der Waals surface area contributed by atoms with Gasteiger partial charge in [0, 0.05) is 18.7 Å². The summed E-state index contributed by atoms with van der Waals surface area (Å²) in [7, 11) is 0. The minimum Gasteiger partial charge on any atom is -0.508 e. The van der Waals surface area contributed by atoms with Crippen molar-refractivity contribution in [3.8, 4) is 17.2 Å². The van der Waals surface area contributed by atoms with Crippen LogP contribution >= 0.6 is 0 Å². The van der Waals surface area contributed by atoms with Gasteiger partial charge in [0.1, 0.15) is 5.75 Å². The van der Waals surface area contributed by atoms with Crippen LogP contribution < -0.4 is 14.9 Å². The van der Waals surface area contributed by atoms with Gasteiger partial charge in [0.2, 0.25) is 0 Å². The van der Waals surface area contributed by atoms with Crippen molar-refractivity contribution >= 4 is 18.0 Å². The highest BCUT2D eigenvalue weighted by atomic mass is 16.5. The monoisotopic (exact) mass is 427 g/mol. The van der Waals surface area contributed by atoms with E-state index in [0.717, 1.165) is 0 Å². The van der Waals surface area contributed by atoms with E-state index in [1.165, 1.54) is 18.3 Å². The van der Waals surface area contributed by atoms with Crippen LogP contribution in [0.1, 0.15) is 22.8 Å². The predicted molar refractivity (Wildman–Crippen MR) is 114 cm³/mol. The van der Waals surface area contributed by atoms with E-state index in [-0.39, 0.29) is 18.3 Å². The first-order chi connectivity index (χ1) is 15.1. The maximum atomic E-state index is 12.3. The van der Waals surface area contributed by atoms with E-state index in [0.29, 0.717) is 55.5 Å². The van der Waals surface area contributed by atoms with Crippen LogP contribution in [0.4, 0.5) is 0 Å². The van der Waals surface area contributed by atoms with Gasteiger partial charge in [0.15, 0.2) is 18.1 Å². The summed E-state index contributed by atoms with van der Waals surface area (Å²) in [6.45, 7) is 4.36. The molecule has 1 fully saturated rings. The van der Waals surface area contributed by atoms with Crippen molar-refractivity contribution in [1.82, 2.24) is 10.3 Å². The number of hydrogen-bond donors (Lipinski definition) is 2. The van der Waals surface area contributed by atoms with Crippen LogP contribution in [0, 0.1) is 0 Å². The van der Waals surface area contributed by atoms with Crippen molar-refractivity contribution in [3.05, 3.63) is 53.6 Å². The number of nitrogens with zero attached hydrogens (tertiary/aromatic N) is 2. The third-order valence-corrected chi connectivity index (χ3v) is 4.47. The highest BCUT2D eigenvalue weighted by Crippen LogP contribution is 2.28. The average Bonchev–Trinajstić information content (AvgIpc) is 2.79. The third-order valence-electron chi connectivity index (χ3n) is 4.47. The standard InChI is InChI=1S/C22H25N3O6/c1-2-30-20-12-16(14-23-24-22(28)17-4-3-5-18(26)13-17)6-7-19(20)31-15-21(27)25-8-10-29-11-9-25/h3-7,12-14,26H,2,8-11,15H2,1H3,(H,24,28)/b23-14+. The van der Waals surface area contributed by atoms with Crippen LogP contribution in [-0.4, -0.2) is 67.6 Å². The van der Waals surface area contributed by atoms with Gasteiger partial charge in [-0.25, -0.2) is 5.43 Å². The Hall–Kier alpha value is -3.59. The molecule has 0 aliphatic carbocycles. The molecule has 0 unspecified atom stereocenters. The number of hydrogen-bond acceptors (Lipinski definition) is 7. The van der Waals surface area contributed by atoms with Gasteiger partial charge in [-0.3, -0.25) is 9.59 Å². The maximum Gasteiger partial charge on any atom is 0.271 e. The Morgan fingerprint density at radius 2 is 1.97 bits per heavy atom. The molecule has 0 aromatic heterocycles. The summed E-state index contributed by atoms with van der Waals surface area (Å²) in [4.78, 5) is 26.1. The zero-order valence-corrected chi connectivity index (χ0v) is 17.2. The lowest BCUT2D eigenvalue weighted by molar-refractivity contribution is -0.137. The van der Waals surface area contributed by atoms with Gasteiger partial charge in [0.25, 0.3) is 11.8 Å². The fraction of sp³-hybridized carbons (Fsp3) is 0.318. The van der Waals surface area contributed by atoms with Crippen molar-refractivity contribution < 1.29 is 28.9 Å². The molecule has 2 N–H and O–H groups in total. The normalized spacial score (nSPS) is 13.8. The number of phenols is 1. The summed E-state index contributed by atoms with van der Waals surface area (Å²) in [6, 6.07) is 11.1. The van der Waals surface area contributed by atoms with E-state index in [1.807, 2.05) is 6.92 Å². The Morgan fingerprint density at radius 1 is 1.16 bits per heavy atom. The first-order valence-electron chi connectivity index (χ1n) is 9.94. The van der Waals surface area contributed by atoms with Crippen LogP contribution in [0.5, 0.6) is 17.2 Å². The van der Waals surface area contributed by atoms with Crippen LogP contribution in [0.25, 0.3) is 0 Å². The number of amides is 2. The minimum absolute atomic E-state index is 0.000626. The van der Waals surface area contributed by atoms with Crippen molar-refractivity contribution in [2.45, 2.75) is 6.92 Å². The molecule has 9 nitrogen and oxygen atoms in total. The van der Waals surface area contributed by atoms with Crippen molar-refractivity contribution in [2.24, 2.45) is 5.10 Å². The third kappa shape index (κ3) is 6.45. The molecule has 0 saturated carbocycles. The second-order valence-corrected chi connectivity index (χ2v) is 6.67. The highest BCUT2D eigenvalue weighted by molar-refractivity contribution is 5.95. The first-order valence-corrected chi connectivity index (χ1v) is 9.94. The molecule has 2 amide bonds. The lowest BCUT2D eigenvalue weighted by Crippen LogP contribution is -2.43. The molecule has 1 aliphatic rings. The van der Waals surface area contributed by atoms with Gasteiger partial charge in [0.05, 0.1) is 26.0 Å². The molecule has 0 spiro atoms. The van der Waals surface area contributed by atoms with E-state index in [1.54, 1.807) is 35.2 Å². The molecule has 1 saturated heterocycles. The summed E-state index contributed by atoms with van der Waals surface area (Å²) >= 11 is 0. The fourth-order valence-corrected chi connectivity index (χ4v) is 2.91. The smallest absolute Gasteiger partial charge is 0.271 e. The molecule has 0 atom stereocenters. The number of benzene rings is 2. The number of ether oxygens (including phenoxy) is 3. The van der Waals surface area contributed by atoms with Crippen LogP contribution in [0.2, 0.25) is 0 Å². The summed E-state index contributed by atoms with van der Waals surface area (Å²) in [6.07, 6.45) is 1.46. The van der Waals surface area contributed by atoms with Gasteiger partial charge >= 0.3 is 0 Å². The predicted octanol–water partition coefficient (Wildman–Crippen LogP) is 1.79. The van der Waals surface area contributed by atoms with Gasteiger partial charge in [-0.2, -0.15) is 5.10 Å². The number of aromatic hydroxyl groups is 1. The zero-order valence-electron chi connectivity index (χ0n) is 17.2. The van der Waals surface area contributed by atoms with E-state index in [9.17, 15) is 14.7 Å². The van der Waals surface area contributed by atoms with Crippen molar-refractivity contribution in [1.29, 1.82) is 0 Å². The molecule has 2 aromatic carbocycles. The molecular weight excluding hydrogens is 402 g/mol. The Balaban J connectivity index is 1.60. The molecule has 31 heavy (non-hydrogen) atoms. The molecule has 0 bridgehead atoms. The molecule has 3 rings (SSSR count). The molecule has 9 heteroatoms. The number of carbonyl (C=O) groups excluding carboxylic acids is 2. The van der Waals surface area contributed by atoms with E-state index in [2.05, 4.69) is 10.5 Å². The van der Waals surface area contributed by atoms with Gasteiger partial charge in [-0.15, -0.1) is 0 Å². The fourth-order valence-electron chi connectivity index (χ4n) is 2.91. The summed E-state index contributed by atoms with van der Waals surface area (Å²) in [5.74, 6) is 0.371. The zero-order chi connectivity index (χ0) is 22.1. The second kappa shape index (κ2) is 11.0. The number of hydrazone groups is 1. The van der Waals surface area contributed by atoms with E-state index in [4.69, 9.17) is 14.2 Å². The maximum absolute atomic E-state index is 12.3. The van der Waals surface area contributed by atoms with Crippen LogP contribution in [-0.2, 0) is 9.53 Å². The van der Waals surface area contributed by atoms with Crippen LogP contribution in [0.3, 0.4) is 0 Å². The topological polar surface area (TPSA) is 110 Å². The Morgan fingerprint density at radius 3 is 2.71 bits per heavy atom. The quantitative estimate of drug-likeness (QED) is 0.491. The number of phenolic OH excluding ortho intramolecular Hbond substituents is 1. The van der Waals surface area contributed by atoms with E-state index >= 15 is 0 Å². The SMILES string of the molecule is CCOc1cc(/C=N/NC(=O)c2cccc(O)c2)ccc1OCC(=O)N1CCOCC1. The molecule has 1 aliphatic heterocycles. The largest absolute Gasteiger partial charge is 0.508 e. The Kier molecular flexibility index (Phi) is 7.83. The second-order valence-electron chi connectivity index (χ2n) is 6.67. The summed E-state index contributed by atoms with van der Waals surface area (Å²) in [5, 5.41) is 13.4. The van der Waals surface area contributed by atoms with E-state index < -0.39 is 5.91 Å². The minimum atomic E-state index is -0.446. The van der Waals surface area contributed by atoms with Crippen molar-refractivity contribution in [3.63, 3.8) is 0 Å². The van der Waals surface area contributed by atoms with Crippen LogP contribution in [0.15, 0.2) is 47.6 Å². The first kappa shape index (κ1) is 22.1. The van der Waals surface area contributed by atoms with Gasteiger partial charge < -0.3 is 24.2 Å². The number of carbonyl (C=O) groups is 2. The number of rotatable bonds is 8. The van der Waals surface area contributed by atoms with Gasteiger partial charge in [-0.1, -0.05) is 6.07 Å². The molecule has 1 heterocycles. The van der Waals surface area contributed by atoms with Crippen molar-refractivity contribution in [2.75, 3.05) is 39.5 Å². The number of nitrogens with one attached hydrogen (secondary N) is 1. The highest BCUT2D eigenvalue weighted by Gasteiger charge is 2.18. The molecule has 164 valence electrons. The van der Waals surface area contributed by atoms with Gasteiger partial charge in [-0.05, 0) is 48.9 Å². The Labute approximate surface area is 180 Å².